The maximum atomic E-state index is 14.3. The van der Waals surface area contributed by atoms with Crippen molar-refractivity contribution < 1.29 is 92.5 Å². The van der Waals surface area contributed by atoms with E-state index in [2.05, 4.69) is 44.7 Å². The molecule has 0 saturated carbocycles. The Morgan fingerprint density at radius 1 is 0.896 bits per heavy atom. The van der Waals surface area contributed by atoms with Gasteiger partial charge in [0, 0.05) is 67.8 Å². The summed E-state index contributed by atoms with van der Waals surface area (Å²) in [5.74, 6) is -0.819. The van der Waals surface area contributed by atoms with Gasteiger partial charge in [-0.2, -0.15) is 12.7 Å². The topological polar surface area (TPSA) is 419 Å². The molecule has 1 saturated heterocycles. The number of anilines is 2. The van der Waals surface area contributed by atoms with Crippen molar-refractivity contribution in [1.29, 1.82) is 0 Å². The van der Waals surface area contributed by atoms with Gasteiger partial charge in [0.05, 0.1) is 18.6 Å². The number of hydrogen-bond donors (Lipinski definition) is 10. The molecule has 5 atom stereocenters. The normalized spacial score (nSPS) is 18.2. The minimum Gasteiger partial charge on any atom is -0.744 e. The van der Waals surface area contributed by atoms with Crippen LogP contribution in [0.3, 0.4) is 0 Å². The number of nitrogens with zero attached hydrogens (tertiary/aromatic N) is 5. The summed E-state index contributed by atoms with van der Waals surface area (Å²) in [7, 11) is -19.5. The predicted octanol–water partition coefficient (Wildman–Crippen LogP) is 1.41. The Balaban J connectivity index is 0.919. The number of amides is 2. The summed E-state index contributed by atoms with van der Waals surface area (Å²) in [4.78, 5) is 69.8. The molecule has 10 N–H and O–H groups in total. The third-order valence-electron chi connectivity index (χ3n) is 12.2. The summed E-state index contributed by atoms with van der Waals surface area (Å²) in [5, 5.41) is 30.1. The molecule has 32 heteroatoms. The fourth-order valence-electron chi connectivity index (χ4n) is 8.81. The summed E-state index contributed by atoms with van der Waals surface area (Å²) in [6, 6.07) is 12.1. The summed E-state index contributed by atoms with van der Waals surface area (Å²) in [6.07, 6.45) is -0.126. The highest BCUT2D eigenvalue weighted by atomic mass is 32.2. The maximum Gasteiger partial charge on any atom is 0.481 e. The number of aliphatic hydroxyl groups is 2. The van der Waals surface area contributed by atoms with Gasteiger partial charge < -0.3 is 59.5 Å². The molecule has 3 aliphatic rings. The molecule has 2 aliphatic heterocycles. The molecule has 418 valence electrons. The lowest BCUT2D eigenvalue weighted by molar-refractivity contribution is -0.498. The van der Waals surface area contributed by atoms with Gasteiger partial charge in [-0.05, 0) is 62.9 Å². The van der Waals surface area contributed by atoms with E-state index in [1.165, 1.54) is 52.5 Å². The standard InChI is InChI=1S/C45H57N9O19P2S2/c1-4-46-30-18-16-28-34(29-17-19-31(47-5-2)41(77(67,68)69)39(29)72-38(28)40(30)76(64,65)66)26-13-8-9-14-27(26)44(58)53(3)22-12-15-33(55)48-20-10-6-7-11-21-49-42-35-43(51-24-50-42)54(25-52-35)45-37(57)36(56)32(71-45)23-70-75(62,63)73-74(59,60)61/h8-9,13-14,16-19,24-25,32,36-37,45-46,56-57H,4-7,10-12,15,20-23H2,1-3H3,(H,48,55)(H,62,63)(H,49,50,51)(H2,59,60,61)(H,64,65,66)(H,67,68,69)/t32-,36-,37-,45-/m1/s1. The molecule has 7 rings (SSSR count). The molecule has 1 unspecified atom stereocenters. The maximum absolute atomic E-state index is 14.3. The Hall–Kier alpha value is -5.82. The molecular formula is C45H57N9O19P2S2. The molecule has 0 radical (unpaired) electrons. The van der Waals surface area contributed by atoms with Crippen molar-refractivity contribution >= 4 is 81.3 Å². The Morgan fingerprint density at radius 3 is 2.31 bits per heavy atom. The number of aromatic nitrogens is 4. The van der Waals surface area contributed by atoms with Crippen LogP contribution < -0.4 is 26.3 Å². The van der Waals surface area contributed by atoms with Crippen LogP contribution in [0.2, 0.25) is 0 Å². The minimum absolute atomic E-state index is 0.0580. The summed E-state index contributed by atoms with van der Waals surface area (Å²) < 4.78 is 119. The van der Waals surface area contributed by atoms with Crippen LogP contribution in [0.15, 0.2) is 75.4 Å². The van der Waals surface area contributed by atoms with E-state index in [-0.39, 0.29) is 82.7 Å². The number of phosphoric acid groups is 2. The van der Waals surface area contributed by atoms with Crippen molar-refractivity contribution in [3.8, 4) is 22.5 Å². The number of unbranched alkanes of at least 4 members (excludes halogenated alkanes) is 3. The molecule has 2 aromatic carbocycles. The summed E-state index contributed by atoms with van der Waals surface area (Å²) >= 11 is 0. The van der Waals surface area contributed by atoms with E-state index in [0.29, 0.717) is 37.3 Å². The van der Waals surface area contributed by atoms with Crippen LogP contribution >= 0.6 is 15.6 Å². The quantitative estimate of drug-likeness (QED) is 0.0168. The molecule has 2 aromatic heterocycles. The zero-order chi connectivity index (χ0) is 56.0. The zero-order valence-electron chi connectivity index (χ0n) is 41.5. The third-order valence-corrected chi connectivity index (χ3v) is 16.2. The van der Waals surface area contributed by atoms with Gasteiger partial charge in [-0.1, -0.05) is 31.0 Å². The van der Waals surface area contributed by atoms with Gasteiger partial charge in [0.1, 0.15) is 46.2 Å². The van der Waals surface area contributed by atoms with Crippen molar-refractivity contribution in [2.45, 2.75) is 86.7 Å². The Bertz CT molecular complexity index is 3520. The van der Waals surface area contributed by atoms with Gasteiger partial charge in [-0.25, -0.2) is 37.5 Å². The minimum atomic E-state index is -5.39. The van der Waals surface area contributed by atoms with E-state index in [1.807, 2.05) is 0 Å². The fourth-order valence-corrected chi connectivity index (χ4v) is 12.0. The smallest absolute Gasteiger partial charge is 0.481 e. The predicted molar refractivity (Wildman–Crippen MR) is 271 cm³/mol. The molecule has 0 bridgehead atoms. The second-order valence-electron chi connectivity index (χ2n) is 17.6. The largest absolute Gasteiger partial charge is 0.744 e. The Kier molecular flexibility index (Phi) is 18.7. The van der Waals surface area contributed by atoms with E-state index >= 15 is 0 Å². The highest BCUT2D eigenvalue weighted by Crippen LogP contribution is 2.58. The first-order valence-corrected chi connectivity index (χ1v) is 29.8. The molecule has 2 amide bonds. The van der Waals surface area contributed by atoms with Crippen LogP contribution in [0.4, 0.5) is 11.5 Å². The first-order chi connectivity index (χ1) is 36.3. The first-order valence-electron chi connectivity index (χ1n) is 23.9. The number of ether oxygens (including phenoxy) is 1. The van der Waals surface area contributed by atoms with Gasteiger partial charge in [0.2, 0.25) is 16.2 Å². The van der Waals surface area contributed by atoms with E-state index in [4.69, 9.17) is 18.9 Å². The van der Waals surface area contributed by atoms with Gasteiger partial charge >= 0.3 is 25.8 Å². The van der Waals surface area contributed by atoms with Gasteiger partial charge in [-0.3, -0.25) is 23.2 Å². The molecular weight excluding hydrogens is 1100 g/mol. The Morgan fingerprint density at radius 2 is 1.62 bits per heavy atom. The van der Waals surface area contributed by atoms with Crippen molar-refractivity contribution in [1.82, 2.24) is 29.7 Å². The number of hydrogen-bond acceptors (Lipinski definition) is 20. The molecule has 4 aromatic rings. The lowest BCUT2D eigenvalue weighted by atomic mass is 9.90. The van der Waals surface area contributed by atoms with Gasteiger partial charge in [0.25, 0.3) is 5.91 Å². The summed E-state index contributed by atoms with van der Waals surface area (Å²) in [5.41, 5.74) is 0.486. The molecule has 77 heavy (non-hydrogen) atoms. The van der Waals surface area contributed by atoms with Crippen LogP contribution in [0.1, 0.15) is 69.0 Å². The number of nitrogens with one attached hydrogen (secondary N) is 4. The number of phosphoric ester groups is 1. The SMILES string of the molecule is CCNc1ccc2c(-c3ccccc3C(=O)N(C)CCCC(=O)NCCCCCCNc3ncnc4c3ncn4[C@@H]3O[C@H](COP(=O)(O)OP(=O)(O)O)[C@@H](O)[C@H]3O)c3ccc(=[NH+]CC)c(S(=O)(=O)O)c-3oc2c1S(=O)(=O)[O-]. The molecule has 4 heterocycles. The summed E-state index contributed by atoms with van der Waals surface area (Å²) in [6.45, 7) is 3.94. The lowest BCUT2D eigenvalue weighted by Crippen LogP contribution is -2.76. The molecule has 28 nitrogen and oxygen atoms in total. The van der Waals surface area contributed by atoms with Crippen LogP contribution in [0, 0.1) is 0 Å². The third kappa shape index (κ3) is 13.9. The number of fused-ring (bicyclic) bond motifs is 3. The van der Waals surface area contributed by atoms with Crippen LogP contribution in [-0.2, 0) is 47.7 Å². The van der Waals surface area contributed by atoms with Crippen LogP contribution in [0.25, 0.3) is 44.6 Å². The molecule has 1 aliphatic carbocycles. The lowest BCUT2D eigenvalue weighted by Gasteiger charge is -2.23. The number of carbonyl (C=O) groups excluding carboxylic acids is 2. The van der Waals surface area contributed by atoms with Crippen LogP contribution in [0.5, 0.6) is 0 Å². The average Bonchev–Trinajstić information content (AvgIpc) is 4.00. The number of aliphatic hydroxyl groups excluding tert-OH is 2. The van der Waals surface area contributed by atoms with Crippen LogP contribution in [-0.4, -0.2) is 152 Å². The second-order valence-corrected chi connectivity index (χ2v) is 23.1. The van der Waals surface area contributed by atoms with E-state index < -0.39 is 94.1 Å². The highest BCUT2D eigenvalue weighted by Gasteiger charge is 2.46. The number of imidazole rings is 1. The number of benzene rings is 3. The first kappa shape index (κ1) is 58.9. The zero-order valence-corrected chi connectivity index (χ0v) is 44.9. The molecule has 0 spiro atoms. The second kappa shape index (κ2) is 24.5. The van der Waals surface area contributed by atoms with Crippen molar-refractivity contribution in [3.63, 3.8) is 0 Å². The molecule has 1 fully saturated rings. The van der Waals surface area contributed by atoms with Gasteiger partial charge in [0.15, 0.2) is 34.6 Å². The van der Waals surface area contributed by atoms with Crippen molar-refractivity contribution in [3.05, 3.63) is 72.1 Å². The van der Waals surface area contributed by atoms with E-state index in [1.54, 1.807) is 39.1 Å². The highest BCUT2D eigenvalue weighted by molar-refractivity contribution is 7.86. The van der Waals surface area contributed by atoms with Crippen molar-refractivity contribution in [2.24, 2.45) is 0 Å². The number of carbonyl (C=O) groups is 2. The van der Waals surface area contributed by atoms with Crippen molar-refractivity contribution in [2.75, 3.05) is 57.0 Å². The van der Waals surface area contributed by atoms with E-state index in [0.717, 1.165) is 12.8 Å². The average molecular weight is 1150 g/mol. The monoisotopic (exact) mass is 1150 g/mol. The Labute approximate surface area is 440 Å². The fraction of sp³-hybridized carbons (Fsp3) is 0.422. The van der Waals surface area contributed by atoms with E-state index in [9.17, 15) is 59.8 Å². The van der Waals surface area contributed by atoms with Gasteiger partial charge in [-0.15, -0.1) is 0 Å². The number of rotatable bonds is 25.